The highest BCUT2D eigenvalue weighted by Gasteiger charge is 2.19. The second-order valence-electron chi connectivity index (χ2n) is 5.71. The molecule has 0 saturated heterocycles. The van der Waals surface area contributed by atoms with Gasteiger partial charge in [0.1, 0.15) is 0 Å². The van der Waals surface area contributed by atoms with Crippen molar-refractivity contribution in [1.82, 2.24) is 9.78 Å². The molecule has 0 aliphatic heterocycles. The van der Waals surface area contributed by atoms with Crippen LogP contribution in [0.3, 0.4) is 0 Å². The van der Waals surface area contributed by atoms with Crippen LogP contribution in [0.15, 0.2) is 24.4 Å². The molecule has 0 radical (unpaired) electrons. The molecule has 0 unspecified atom stereocenters. The highest BCUT2D eigenvalue weighted by atomic mass is 15.3. The van der Waals surface area contributed by atoms with Crippen LogP contribution in [-0.2, 0) is 5.54 Å². The van der Waals surface area contributed by atoms with E-state index in [1.807, 2.05) is 0 Å². The van der Waals surface area contributed by atoms with Crippen molar-refractivity contribution in [2.75, 3.05) is 0 Å². The smallest absolute Gasteiger partial charge is 0.0926 e. The van der Waals surface area contributed by atoms with E-state index in [1.54, 1.807) is 0 Å². The highest BCUT2D eigenvalue weighted by molar-refractivity contribution is 5.78. The first-order chi connectivity index (χ1) is 7.94. The number of aromatic nitrogens is 2. The van der Waals surface area contributed by atoms with Gasteiger partial charge in [-0.15, -0.1) is 0 Å². The van der Waals surface area contributed by atoms with Gasteiger partial charge in [-0.2, -0.15) is 5.10 Å². The van der Waals surface area contributed by atoms with Crippen LogP contribution < -0.4 is 0 Å². The van der Waals surface area contributed by atoms with Crippen molar-refractivity contribution < 1.29 is 0 Å². The van der Waals surface area contributed by atoms with Crippen molar-refractivity contribution in [1.29, 1.82) is 0 Å². The Morgan fingerprint density at radius 1 is 1.29 bits per heavy atom. The summed E-state index contributed by atoms with van der Waals surface area (Å²) in [6.45, 7) is 11.1. The molecule has 2 rings (SSSR count). The number of benzene rings is 1. The predicted octanol–water partition coefficient (Wildman–Crippen LogP) is 4.30. The highest BCUT2D eigenvalue weighted by Crippen LogP contribution is 2.24. The molecule has 2 aromatic rings. The van der Waals surface area contributed by atoms with Crippen molar-refractivity contribution in [3.63, 3.8) is 0 Å². The lowest BCUT2D eigenvalue weighted by Crippen LogP contribution is -2.25. The molecule has 0 fully saturated rings. The molecular formula is C15H22N2. The van der Waals surface area contributed by atoms with Gasteiger partial charge < -0.3 is 0 Å². The van der Waals surface area contributed by atoms with Gasteiger partial charge in [0, 0.05) is 11.6 Å². The Balaban J connectivity index is 2.51. The third-order valence-corrected chi connectivity index (χ3v) is 3.68. The van der Waals surface area contributed by atoms with E-state index in [0.29, 0.717) is 5.92 Å². The Labute approximate surface area is 104 Å². The zero-order valence-corrected chi connectivity index (χ0v) is 11.5. The molecule has 1 aromatic carbocycles. The number of fused-ring (bicyclic) bond motifs is 1. The van der Waals surface area contributed by atoms with E-state index in [9.17, 15) is 0 Å². The van der Waals surface area contributed by atoms with Crippen LogP contribution in [0.25, 0.3) is 10.9 Å². The average Bonchev–Trinajstić information content (AvgIpc) is 2.72. The van der Waals surface area contributed by atoms with Crippen LogP contribution in [0.4, 0.5) is 0 Å². The van der Waals surface area contributed by atoms with Gasteiger partial charge in [-0.05, 0) is 37.8 Å². The lowest BCUT2D eigenvalue weighted by molar-refractivity contribution is 0.310. The zero-order chi connectivity index (χ0) is 12.6. The summed E-state index contributed by atoms with van der Waals surface area (Å²) < 4.78 is 2.10. The van der Waals surface area contributed by atoms with Crippen LogP contribution in [0.2, 0.25) is 0 Å². The Hall–Kier alpha value is -1.31. The number of hydrogen-bond donors (Lipinski definition) is 0. The summed E-state index contributed by atoms with van der Waals surface area (Å²) in [5.74, 6) is 0.559. The second-order valence-corrected chi connectivity index (χ2v) is 5.71. The molecule has 0 aliphatic carbocycles. The molecule has 17 heavy (non-hydrogen) atoms. The molecule has 1 aromatic heterocycles. The van der Waals surface area contributed by atoms with Crippen molar-refractivity contribution >= 4 is 10.9 Å². The number of rotatable bonds is 3. The molecule has 0 atom stereocenters. The molecule has 2 heteroatoms. The molecule has 0 aliphatic rings. The summed E-state index contributed by atoms with van der Waals surface area (Å²) in [6.07, 6.45) is 3.24. The molecule has 92 valence electrons. The summed E-state index contributed by atoms with van der Waals surface area (Å²) in [7, 11) is 0. The van der Waals surface area contributed by atoms with Gasteiger partial charge in [-0.3, -0.25) is 4.68 Å². The molecule has 0 spiro atoms. The van der Waals surface area contributed by atoms with Crippen molar-refractivity contribution in [2.24, 2.45) is 0 Å². The fourth-order valence-corrected chi connectivity index (χ4v) is 1.86. The van der Waals surface area contributed by atoms with Crippen LogP contribution in [0.5, 0.6) is 0 Å². The summed E-state index contributed by atoms with van der Waals surface area (Å²) in [5, 5.41) is 5.95. The molecule has 2 nitrogen and oxygen atoms in total. The monoisotopic (exact) mass is 230 g/mol. The van der Waals surface area contributed by atoms with Crippen molar-refractivity contribution in [2.45, 2.75) is 52.5 Å². The van der Waals surface area contributed by atoms with Gasteiger partial charge in [0.2, 0.25) is 0 Å². The van der Waals surface area contributed by atoms with E-state index in [0.717, 1.165) is 11.9 Å². The maximum Gasteiger partial charge on any atom is 0.0926 e. The Bertz CT molecular complexity index is 521. The van der Waals surface area contributed by atoms with E-state index >= 15 is 0 Å². The van der Waals surface area contributed by atoms with E-state index in [-0.39, 0.29) is 5.54 Å². The minimum Gasteiger partial charge on any atom is -0.266 e. The van der Waals surface area contributed by atoms with Crippen LogP contribution in [0, 0.1) is 0 Å². The summed E-state index contributed by atoms with van der Waals surface area (Å²) in [6, 6.07) is 6.60. The van der Waals surface area contributed by atoms with Gasteiger partial charge in [0.15, 0.2) is 0 Å². The quantitative estimate of drug-likeness (QED) is 0.768. The van der Waals surface area contributed by atoms with Crippen LogP contribution in [-0.4, -0.2) is 9.78 Å². The largest absolute Gasteiger partial charge is 0.266 e. The zero-order valence-electron chi connectivity index (χ0n) is 11.5. The predicted molar refractivity (Wildman–Crippen MR) is 73.4 cm³/mol. The van der Waals surface area contributed by atoms with Gasteiger partial charge in [-0.25, -0.2) is 0 Å². The summed E-state index contributed by atoms with van der Waals surface area (Å²) in [4.78, 5) is 0. The Morgan fingerprint density at radius 3 is 2.59 bits per heavy atom. The van der Waals surface area contributed by atoms with Gasteiger partial charge in [0.25, 0.3) is 0 Å². The number of hydrogen-bond acceptors (Lipinski definition) is 1. The fraction of sp³-hybridized carbons (Fsp3) is 0.533. The van der Waals surface area contributed by atoms with Gasteiger partial charge >= 0.3 is 0 Å². The van der Waals surface area contributed by atoms with Crippen molar-refractivity contribution in [3.8, 4) is 0 Å². The topological polar surface area (TPSA) is 17.8 Å². The van der Waals surface area contributed by atoms with E-state index in [4.69, 9.17) is 5.10 Å². The summed E-state index contributed by atoms with van der Waals surface area (Å²) in [5.41, 5.74) is 2.56. The molecular weight excluding hydrogens is 208 g/mol. The van der Waals surface area contributed by atoms with E-state index in [2.05, 4.69) is 63.7 Å². The minimum atomic E-state index is 0.0943. The molecule has 0 saturated carbocycles. The average molecular weight is 230 g/mol. The first-order valence-corrected chi connectivity index (χ1v) is 6.44. The molecule has 1 heterocycles. The van der Waals surface area contributed by atoms with Crippen molar-refractivity contribution in [3.05, 3.63) is 30.0 Å². The lowest BCUT2D eigenvalue weighted by Gasteiger charge is -2.23. The fourth-order valence-electron chi connectivity index (χ4n) is 1.86. The Morgan fingerprint density at radius 2 is 2.00 bits per heavy atom. The third kappa shape index (κ3) is 2.21. The van der Waals surface area contributed by atoms with Gasteiger partial charge in [0.05, 0.1) is 11.1 Å². The standard InChI is InChI=1S/C15H22N2/c1-6-15(4,5)17-10-13-8-7-12(11(2)3)9-14(13)16-17/h7-11H,6H2,1-5H3. The normalized spacial score (nSPS) is 12.6. The first-order valence-electron chi connectivity index (χ1n) is 6.44. The Kier molecular flexibility index (Phi) is 2.98. The molecule has 0 bridgehead atoms. The SMILES string of the molecule is CCC(C)(C)n1cc2ccc(C(C)C)cc2n1. The van der Waals surface area contributed by atoms with Crippen LogP contribution >= 0.6 is 0 Å². The second kappa shape index (κ2) is 4.17. The number of nitrogens with zero attached hydrogens (tertiary/aromatic N) is 2. The maximum absolute atomic E-state index is 4.71. The maximum atomic E-state index is 4.71. The summed E-state index contributed by atoms with van der Waals surface area (Å²) >= 11 is 0. The van der Waals surface area contributed by atoms with Crippen LogP contribution in [0.1, 0.15) is 52.5 Å². The first kappa shape index (κ1) is 12.2. The minimum absolute atomic E-state index is 0.0943. The van der Waals surface area contributed by atoms with Gasteiger partial charge in [-0.1, -0.05) is 32.9 Å². The van der Waals surface area contributed by atoms with E-state index < -0.39 is 0 Å². The molecule has 0 N–H and O–H groups in total. The third-order valence-electron chi connectivity index (χ3n) is 3.68. The lowest BCUT2D eigenvalue weighted by atomic mass is 10.0. The molecule has 0 amide bonds. The van der Waals surface area contributed by atoms with E-state index in [1.165, 1.54) is 10.9 Å².